The second kappa shape index (κ2) is 7.37. The minimum absolute atomic E-state index is 0.0753. The largest absolute Gasteiger partial charge is 0.307 e. The van der Waals surface area contributed by atoms with E-state index in [0.717, 1.165) is 5.56 Å². The molecule has 2 aromatic carbocycles. The van der Waals surface area contributed by atoms with Crippen LogP contribution in [0.25, 0.3) is 0 Å². The number of aromatic nitrogens is 1. The minimum atomic E-state index is -3.71. The predicted molar refractivity (Wildman–Crippen MR) is 101 cm³/mol. The number of nitrogens with zero attached hydrogens (tertiary/aromatic N) is 1. The Morgan fingerprint density at radius 3 is 2.23 bits per heavy atom. The standard InChI is InChI=1S/C19H17N3O3S/c1-14-7-12-18(20-13-14)21-19(23)15-8-10-17(11-9-15)26(24,25)22-16-5-3-2-4-6-16/h2-13,22H,1H3,(H,20,21,23). The fraction of sp³-hybridized carbons (Fsp3) is 0.0526. The Labute approximate surface area is 152 Å². The van der Waals surface area contributed by atoms with Gasteiger partial charge in [-0.3, -0.25) is 9.52 Å². The Balaban J connectivity index is 1.73. The van der Waals surface area contributed by atoms with E-state index in [9.17, 15) is 13.2 Å². The maximum atomic E-state index is 12.4. The summed E-state index contributed by atoms with van der Waals surface area (Å²) in [6.07, 6.45) is 1.65. The molecule has 3 aromatic rings. The lowest BCUT2D eigenvalue weighted by Crippen LogP contribution is -2.15. The molecule has 0 fully saturated rings. The monoisotopic (exact) mass is 367 g/mol. The van der Waals surface area contributed by atoms with Crippen molar-refractivity contribution in [2.24, 2.45) is 0 Å². The summed E-state index contributed by atoms with van der Waals surface area (Å²) in [4.78, 5) is 16.4. The zero-order valence-electron chi connectivity index (χ0n) is 14.0. The number of pyridine rings is 1. The van der Waals surface area contributed by atoms with Gasteiger partial charge in [-0.2, -0.15) is 0 Å². The quantitative estimate of drug-likeness (QED) is 0.723. The average molecular weight is 367 g/mol. The van der Waals surface area contributed by atoms with Gasteiger partial charge in [-0.1, -0.05) is 24.3 Å². The molecule has 0 atom stereocenters. The van der Waals surface area contributed by atoms with E-state index in [0.29, 0.717) is 17.1 Å². The van der Waals surface area contributed by atoms with E-state index in [1.165, 1.54) is 24.3 Å². The fourth-order valence-corrected chi connectivity index (χ4v) is 3.29. The van der Waals surface area contributed by atoms with Crippen LogP contribution in [0.4, 0.5) is 11.5 Å². The van der Waals surface area contributed by atoms with E-state index in [1.807, 2.05) is 13.0 Å². The summed E-state index contributed by atoms with van der Waals surface area (Å²) in [5, 5.41) is 2.67. The number of sulfonamides is 1. The van der Waals surface area contributed by atoms with E-state index >= 15 is 0 Å². The van der Waals surface area contributed by atoms with Crippen LogP contribution in [-0.2, 0) is 10.0 Å². The van der Waals surface area contributed by atoms with Gasteiger partial charge in [0.15, 0.2) is 0 Å². The molecule has 0 radical (unpaired) electrons. The highest BCUT2D eigenvalue weighted by molar-refractivity contribution is 7.92. The Morgan fingerprint density at radius 2 is 1.62 bits per heavy atom. The SMILES string of the molecule is Cc1ccc(NC(=O)c2ccc(S(=O)(=O)Nc3ccccc3)cc2)nc1. The molecule has 6 nitrogen and oxygen atoms in total. The molecule has 0 bridgehead atoms. The molecular formula is C19H17N3O3S. The summed E-state index contributed by atoms with van der Waals surface area (Å²) < 4.78 is 27.3. The number of amides is 1. The molecule has 26 heavy (non-hydrogen) atoms. The van der Waals surface area contributed by atoms with Gasteiger partial charge in [0.1, 0.15) is 5.82 Å². The third-order valence-corrected chi connectivity index (χ3v) is 5.00. The predicted octanol–water partition coefficient (Wildman–Crippen LogP) is 3.44. The summed E-state index contributed by atoms with van der Waals surface area (Å²) in [5.74, 6) is 0.0735. The summed E-state index contributed by atoms with van der Waals surface area (Å²) in [6.45, 7) is 1.90. The van der Waals surface area contributed by atoms with Gasteiger partial charge in [-0.25, -0.2) is 13.4 Å². The van der Waals surface area contributed by atoms with E-state index in [2.05, 4.69) is 15.0 Å². The molecule has 7 heteroatoms. The number of aryl methyl sites for hydroxylation is 1. The summed E-state index contributed by atoms with van der Waals surface area (Å²) in [5.41, 5.74) is 1.80. The Hall–Kier alpha value is -3.19. The van der Waals surface area contributed by atoms with Gasteiger partial charge >= 0.3 is 0 Å². The number of hydrogen-bond donors (Lipinski definition) is 2. The van der Waals surface area contributed by atoms with Crippen molar-refractivity contribution in [2.45, 2.75) is 11.8 Å². The molecule has 2 N–H and O–H groups in total. The lowest BCUT2D eigenvalue weighted by Gasteiger charge is -2.09. The molecule has 132 valence electrons. The first-order chi connectivity index (χ1) is 12.4. The molecule has 0 aliphatic heterocycles. The van der Waals surface area contributed by atoms with Crippen LogP contribution in [0, 0.1) is 6.92 Å². The highest BCUT2D eigenvalue weighted by Gasteiger charge is 2.15. The number of carbonyl (C=O) groups is 1. The maximum absolute atomic E-state index is 12.4. The number of hydrogen-bond acceptors (Lipinski definition) is 4. The van der Waals surface area contributed by atoms with Gasteiger partial charge in [0.2, 0.25) is 0 Å². The Bertz CT molecular complexity index is 1000. The van der Waals surface area contributed by atoms with Gasteiger partial charge in [-0.05, 0) is 55.0 Å². The van der Waals surface area contributed by atoms with Crippen LogP contribution in [0.5, 0.6) is 0 Å². The number of rotatable bonds is 5. The minimum Gasteiger partial charge on any atom is -0.307 e. The molecule has 0 aliphatic rings. The van der Waals surface area contributed by atoms with Gasteiger partial charge in [0.25, 0.3) is 15.9 Å². The molecule has 1 amide bonds. The molecule has 0 saturated heterocycles. The number of para-hydroxylation sites is 1. The van der Waals surface area contributed by atoms with Crippen LogP contribution < -0.4 is 10.0 Å². The molecule has 0 aliphatic carbocycles. The molecule has 0 spiro atoms. The van der Waals surface area contributed by atoms with E-state index in [4.69, 9.17) is 0 Å². The third-order valence-electron chi connectivity index (χ3n) is 3.61. The van der Waals surface area contributed by atoms with Crippen molar-refractivity contribution in [1.82, 2.24) is 4.98 Å². The summed E-state index contributed by atoms with van der Waals surface area (Å²) in [7, 11) is -3.71. The van der Waals surface area contributed by atoms with Crippen LogP contribution in [-0.4, -0.2) is 19.3 Å². The lowest BCUT2D eigenvalue weighted by atomic mass is 10.2. The highest BCUT2D eigenvalue weighted by Crippen LogP contribution is 2.17. The van der Waals surface area contributed by atoms with Crippen molar-refractivity contribution in [3.8, 4) is 0 Å². The molecule has 3 rings (SSSR count). The zero-order valence-corrected chi connectivity index (χ0v) is 14.8. The second-order valence-electron chi connectivity index (χ2n) is 5.67. The second-order valence-corrected chi connectivity index (χ2v) is 7.35. The van der Waals surface area contributed by atoms with Crippen molar-refractivity contribution in [3.63, 3.8) is 0 Å². The normalized spacial score (nSPS) is 11.0. The number of benzene rings is 2. The first-order valence-corrected chi connectivity index (χ1v) is 9.34. The van der Waals surface area contributed by atoms with Crippen molar-refractivity contribution >= 4 is 27.4 Å². The van der Waals surface area contributed by atoms with Crippen molar-refractivity contribution in [2.75, 3.05) is 10.0 Å². The van der Waals surface area contributed by atoms with Crippen molar-refractivity contribution in [1.29, 1.82) is 0 Å². The van der Waals surface area contributed by atoms with E-state index in [-0.39, 0.29) is 10.8 Å². The van der Waals surface area contributed by atoms with Crippen LogP contribution in [0.1, 0.15) is 15.9 Å². The van der Waals surface area contributed by atoms with Gasteiger partial charge in [0, 0.05) is 17.4 Å². The fourth-order valence-electron chi connectivity index (χ4n) is 2.24. The van der Waals surface area contributed by atoms with Crippen LogP contribution in [0.2, 0.25) is 0 Å². The molecule has 1 heterocycles. The lowest BCUT2D eigenvalue weighted by molar-refractivity contribution is 0.102. The Kier molecular flexibility index (Phi) is 4.99. The summed E-state index contributed by atoms with van der Waals surface area (Å²) >= 11 is 0. The number of nitrogens with one attached hydrogen (secondary N) is 2. The van der Waals surface area contributed by atoms with Crippen molar-refractivity contribution < 1.29 is 13.2 Å². The first-order valence-electron chi connectivity index (χ1n) is 7.86. The maximum Gasteiger partial charge on any atom is 0.261 e. The van der Waals surface area contributed by atoms with Crippen LogP contribution in [0.15, 0.2) is 77.8 Å². The highest BCUT2D eigenvalue weighted by atomic mass is 32.2. The zero-order chi connectivity index (χ0) is 18.6. The van der Waals surface area contributed by atoms with Crippen LogP contribution in [0.3, 0.4) is 0 Å². The Morgan fingerprint density at radius 1 is 0.923 bits per heavy atom. The average Bonchev–Trinajstić information content (AvgIpc) is 2.64. The molecule has 0 saturated carbocycles. The summed E-state index contributed by atoms with van der Waals surface area (Å²) in [6, 6.07) is 17.9. The van der Waals surface area contributed by atoms with Gasteiger partial charge < -0.3 is 5.32 Å². The number of carbonyl (C=O) groups excluding carboxylic acids is 1. The van der Waals surface area contributed by atoms with Crippen molar-refractivity contribution in [3.05, 3.63) is 84.1 Å². The number of anilines is 2. The van der Waals surface area contributed by atoms with Crippen LogP contribution >= 0.6 is 0 Å². The van der Waals surface area contributed by atoms with Gasteiger partial charge in [0.05, 0.1) is 4.90 Å². The topological polar surface area (TPSA) is 88.2 Å². The van der Waals surface area contributed by atoms with E-state index < -0.39 is 10.0 Å². The third kappa shape index (κ3) is 4.25. The first kappa shape index (κ1) is 17.6. The van der Waals surface area contributed by atoms with E-state index in [1.54, 1.807) is 42.6 Å². The molecular weight excluding hydrogens is 350 g/mol. The molecule has 1 aromatic heterocycles. The smallest absolute Gasteiger partial charge is 0.261 e. The van der Waals surface area contributed by atoms with Gasteiger partial charge in [-0.15, -0.1) is 0 Å². The molecule has 0 unspecified atom stereocenters.